The fourth-order valence-corrected chi connectivity index (χ4v) is 15.1. The number of aromatic nitrogens is 2. The zero-order valence-corrected chi connectivity index (χ0v) is 71.7. The fourth-order valence-electron chi connectivity index (χ4n) is 12.2. The number of rotatable bonds is 2. The Bertz CT molecular complexity index is 5170. The maximum atomic E-state index is 11.6. The van der Waals surface area contributed by atoms with Crippen molar-refractivity contribution in [1.82, 2.24) is 9.55 Å². The van der Waals surface area contributed by atoms with Crippen LogP contribution < -0.4 is 39.9 Å². The Morgan fingerprint density at radius 2 is 0.990 bits per heavy atom. The number of methoxy groups -OCH3 is 2. The molecule has 0 saturated carbocycles. The van der Waals surface area contributed by atoms with Gasteiger partial charge in [-0.15, -0.1) is 0 Å². The molecule has 526 valence electrons. The predicted molar refractivity (Wildman–Crippen MR) is 454 cm³/mol. The van der Waals surface area contributed by atoms with Gasteiger partial charge in [0.1, 0.15) is 4.60 Å². The Hall–Kier alpha value is -5.11. The number of anilines is 1. The van der Waals surface area contributed by atoms with E-state index in [1.54, 1.807) is 11.0 Å². The summed E-state index contributed by atoms with van der Waals surface area (Å²) in [6.45, 7) is 0.728. The minimum absolute atomic E-state index is 0. The van der Waals surface area contributed by atoms with Crippen molar-refractivity contribution < 1.29 is 71.0 Å². The van der Waals surface area contributed by atoms with E-state index >= 15 is 0 Å². The van der Waals surface area contributed by atoms with E-state index in [9.17, 15) is 14.0 Å². The van der Waals surface area contributed by atoms with Crippen molar-refractivity contribution in [1.29, 1.82) is 0 Å². The first-order valence-electron chi connectivity index (χ1n) is 31.7. The van der Waals surface area contributed by atoms with Crippen LogP contribution in [0.4, 0.5) is 19.7 Å². The topological polar surface area (TPSA) is 137 Å². The SMILES string of the molecule is BrBr.BrC1=C(Br)c2ccccc2C1.BrC1=C(c2cccc3ccccc23)Cc2ccccc21.CO.COC(=O)N1CCc2ccccc21.COC(=O)n1c(Br)c(Br)c2ccccc21.ClC(Cl)(Cl)Cl.OB(O)c1cccc2ccccc12.[2H]CF.[H-].[Na+].c1cc2c3c(cccc3c1)-c1c-2[nH]c2ccccc12. The molecular weight excluding hydrogens is 1860 g/mol. The molecule has 24 heteroatoms. The monoisotopic (exact) mass is 1910 g/mol. The smallest absolute Gasteiger partial charge is 1.00 e. The van der Waals surface area contributed by atoms with Crippen LogP contribution in [0.25, 0.3) is 91.0 Å². The van der Waals surface area contributed by atoms with E-state index < -0.39 is 23.6 Å². The van der Waals surface area contributed by atoms with Gasteiger partial charge in [-0.1, -0.05) is 287 Å². The molecule has 0 fully saturated rings. The van der Waals surface area contributed by atoms with E-state index in [-0.39, 0.29) is 37.1 Å². The number of fused-ring (bicyclic) bond motifs is 11. The van der Waals surface area contributed by atoms with E-state index in [0.29, 0.717) is 10.1 Å². The van der Waals surface area contributed by atoms with Crippen LogP contribution >= 0.6 is 154 Å². The van der Waals surface area contributed by atoms with Gasteiger partial charge in [0.25, 0.3) is 3.25 Å². The van der Waals surface area contributed by atoms with Crippen LogP contribution in [0.5, 0.6) is 0 Å². The zero-order valence-electron chi connectivity index (χ0n) is 57.6. The second-order valence-corrected chi connectivity index (χ2v) is 29.7. The Balaban J connectivity index is 0.000000193. The maximum Gasteiger partial charge on any atom is 1.00 e. The average Bonchev–Trinajstić information content (AvgIpc) is 1.56. The first-order valence-corrected chi connectivity index (χ1v) is 40.2. The number of carbonyl (C=O) groups is 2. The van der Waals surface area contributed by atoms with Gasteiger partial charge in [-0.2, -0.15) is 0 Å². The summed E-state index contributed by atoms with van der Waals surface area (Å²) in [7, 11) is 1.37. The van der Waals surface area contributed by atoms with Crippen molar-refractivity contribution in [2.75, 3.05) is 39.9 Å². The summed E-state index contributed by atoms with van der Waals surface area (Å²) in [6, 6.07) is 82.5. The molecule has 17 rings (SSSR count). The van der Waals surface area contributed by atoms with E-state index in [1.165, 1.54) is 126 Å². The van der Waals surface area contributed by atoms with E-state index in [4.69, 9.17) is 67.7 Å². The number of ether oxygens (including phenoxy) is 2. The van der Waals surface area contributed by atoms with Gasteiger partial charge < -0.3 is 31.0 Å². The van der Waals surface area contributed by atoms with Crippen LogP contribution in [0.3, 0.4) is 0 Å². The number of allylic oxidation sites excluding steroid dienone is 2. The summed E-state index contributed by atoms with van der Waals surface area (Å²) < 4.78 is 30.0. The minimum Gasteiger partial charge on any atom is -1.00 e. The number of halogens is 12. The maximum absolute atomic E-state index is 11.6. The van der Waals surface area contributed by atoms with Gasteiger partial charge >= 0.3 is 48.9 Å². The van der Waals surface area contributed by atoms with Crippen molar-refractivity contribution in [3.63, 3.8) is 0 Å². The molecule has 11 aromatic carbocycles. The summed E-state index contributed by atoms with van der Waals surface area (Å²) in [5.41, 5.74) is 18.3. The molecule has 13 aromatic rings. The normalized spacial score (nSPS) is 12.1. The summed E-state index contributed by atoms with van der Waals surface area (Å²) in [5, 5.41) is 34.7. The number of nitrogens with one attached hydrogen (secondary N) is 1. The van der Waals surface area contributed by atoms with Crippen molar-refractivity contribution >= 4 is 253 Å². The van der Waals surface area contributed by atoms with Crippen LogP contribution in [0.15, 0.2) is 256 Å². The van der Waals surface area contributed by atoms with Gasteiger partial charge in [-0.05, 0) is 177 Å². The number of hydrogen-bond acceptors (Lipinski definition) is 7. The largest absolute Gasteiger partial charge is 1.00 e. The van der Waals surface area contributed by atoms with Gasteiger partial charge in [0, 0.05) is 89.2 Å². The third kappa shape index (κ3) is 20.8. The third-order valence-corrected chi connectivity index (χ3v) is 21.6. The number of alkyl halides is 5. The number of amides is 1. The van der Waals surface area contributed by atoms with Crippen molar-refractivity contribution in [2.45, 2.75) is 22.5 Å². The number of hydrogen-bond donors (Lipinski definition) is 4. The van der Waals surface area contributed by atoms with Gasteiger partial charge in [0.15, 0.2) is 0 Å². The van der Waals surface area contributed by atoms with Crippen LogP contribution in [-0.4, -0.2) is 82.3 Å². The van der Waals surface area contributed by atoms with Crippen molar-refractivity contribution in [3.05, 3.63) is 290 Å². The molecular formula is C79H65BBr7Cl4FN3NaO7. The van der Waals surface area contributed by atoms with Crippen molar-refractivity contribution in [2.24, 2.45) is 0 Å². The number of H-pyrrole nitrogens is 1. The molecule has 4 N–H and O–H groups in total. The number of para-hydroxylation sites is 3. The molecule has 3 heterocycles. The summed E-state index contributed by atoms with van der Waals surface area (Å²) in [5.74, 6) is 0. The number of carbonyl (C=O) groups excluding carboxylic acids is 2. The van der Waals surface area contributed by atoms with Crippen LogP contribution in [0.2, 0.25) is 0 Å². The van der Waals surface area contributed by atoms with Gasteiger partial charge in [-0.3, -0.25) is 9.29 Å². The molecule has 0 saturated heterocycles. The summed E-state index contributed by atoms with van der Waals surface area (Å²) in [4.78, 5) is 28.1. The quantitative estimate of drug-likeness (QED) is 0.0999. The molecule has 1 amide bonds. The number of aromatic amines is 1. The first kappa shape index (κ1) is 83.5. The Labute approximate surface area is 700 Å². The average molecular weight is 1920 g/mol. The van der Waals surface area contributed by atoms with Gasteiger partial charge in [0.05, 0.1) is 44.1 Å². The van der Waals surface area contributed by atoms with Gasteiger partial charge in [-0.25, -0.2) is 14.2 Å². The molecule has 3 aliphatic carbocycles. The van der Waals surface area contributed by atoms with Crippen LogP contribution in [0.1, 0.15) is 36.2 Å². The summed E-state index contributed by atoms with van der Waals surface area (Å²) >= 11 is 42.4. The fraction of sp³-hybridized carbons (Fsp3) is 0.114. The van der Waals surface area contributed by atoms with E-state index in [2.05, 4.69) is 269 Å². The molecule has 0 bridgehead atoms. The van der Waals surface area contributed by atoms with Crippen LogP contribution in [-0.2, 0) is 28.7 Å². The molecule has 1 aliphatic heterocycles. The Kier molecular flexibility index (Phi) is 33.5. The molecule has 0 unspecified atom stereocenters. The standard InChI is InChI=1S/C19H13Br.C18H11N.C10H9BO2.C10H7Br2NO2.C10H11NO2.C9H6Br2.CCl4.CH3F.CH4O.Br2.Na.H/c20-19-16-10-4-2-7-14(16)12-18(19)17-11-5-8-13-6-1-3-9-15(13)17;1-2-10-15-12(7-1)17-13-8-3-5-11-6-4-9-14(16(11)13)18(17)19-15;12-11(13)10-7-3-5-8-4-1-2-6-9(8)10;1-15-10(14)13-7-5-3-2-4-6(7)8(11)9(13)12;1-13-10(12)11-7-6-8-4-2-3-5-9(8)11;10-8-5-6-3-1-2-4-7(6)9(8)11;2-1(3,4)5;3*1-2;;/h1-11H,12H2;1-10,19H;1-7,12-13H;2-5H,1H3;2-5H,6-7H2,1H3;1-4H,5H2;;1H3;2H,1H3;;;/q;;;;;;;;;;+1;-1/i;;;;;;;1D;;;;. The molecule has 0 radical (unpaired) electrons. The number of aliphatic hydroxyl groups excluding tert-OH is 1. The second-order valence-electron chi connectivity index (χ2n) is 22.1. The molecule has 2 aromatic heterocycles. The Morgan fingerprint density at radius 1 is 0.544 bits per heavy atom. The minimum atomic E-state index is -1.61. The van der Waals surface area contributed by atoms with Crippen molar-refractivity contribution in [3.8, 4) is 22.4 Å². The van der Waals surface area contributed by atoms with Gasteiger partial charge in [0.2, 0.25) is 0 Å². The zero-order chi connectivity index (χ0) is 74.5. The first-order chi connectivity index (χ1) is 49.8. The van der Waals surface area contributed by atoms with Crippen LogP contribution in [0, 0.1) is 0 Å². The molecule has 0 spiro atoms. The van der Waals surface area contributed by atoms with E-state index in [0.717, 1.165) is 64.8 Å². The molecule has 103 heavy (non-hydrogen) atoms. The molecule has 0 atom stereocenters. The molecule has 10 nitrogen and oxygen atoms in total. The number of nitrogens with zero attached hydrogens (tertiary/aromatic N) is 2. The predicted octanol–water partition coefficient (Wildman–Crippen LogP) is 22.0. The van der Waals surface area contributed by atoms with E-state index in [1.807, 2.05) is 84.9 Å². The third-order valence-electron chi connectivity index (χ3n) is 16.5. The number of benzene rings is 11. The summed E-state index contributed by atoms with van der Waals surface area (Å²) in [6.07, 6.45) is 2.26. The Morgan fingerprint density at radius 3 is 1.58 bits per heavy atom. The molecule has 4 aliphatic rings. The number of aliphatic hydroxyl groups is 1. The second kappa shape index (κ2) is 41.3.